The Labute approximate surface area is 213 Å². The third-order valence-electron chi connectivity index (χ3n) is 6.17. The lowest BCUT2D eigenvalue weighted by atomic mass is 9.93. The summed E-state index contributed by atoms with van der Waals surface area (Å²) in [7, 11) is 0. The molecule has 0 aromatic heterocycles. The van der Waals surface area contributed by atoms with E-state index in [1.165, 1.54) is 0 Å². The van der Waals surface area contributed by atoms with E-state index >= 15 is 0 Å². The van der Waals surface area contributed by atoms with Crippen molar-refractivity contribution in [1.82, 2.24) is 15.5 Å². The van der Waals surface area contributed by atoms with Gasteiger partial charge in [0.1, 0.15) is 17.7 Å². The zero-order valence-corrected chi connectivity index (χ0v) is 21.8. The topological polar surface area (TPSA) is 131 Å². The average molecular weight is 499 g/mol. The maximum atomic E-state index is 13.6. The van der Waals surface area contributed by atoms with Crippen LogP contribution in [-0.2, 0) is 19.1 Å². The lowest BCUT2D eigenvalue weighted by Gasteiger charge is -2.32. The van der Waals surface area contributed by atoms with Crippen molar-refractivity contribution in [2.24, 2.45) is 5.73 Å². The maximum absolute atomic E-state index is 13.6. The smallest absolute Gasteiger partial charge is 0.408 e. The van der Waals surface area contributed by atoms with Crippen molar-refractivity contribution in [3.63, 3.8) is 0 Å². The van der Waals surface area contributed by atoms with E-state index in [1.54, 1.807) is 32.9 Å². The number of carbonyl (C=O) groups excluding carboxylic acids is 4. The first-order valence-electron chi connectivity index (χ1n) is 12.3. The minimum absolute atomic E-state index is 0.0186. The Morgan fingerprint density at radius 3 is 2.36 bits per heavy atom. The summed E-state index contributed by atoms with van der Waals surface area (Å²) < 4.78 is 5.24. The minimum Gasteiger partial charge on any atom is -0.444 e. The zero-order valence-electron chi connectivity index (χ0n) is 21.8. The van der Waals surface area contributed by atoms with Crippen molar-refractivity contribution in [2.75, 3.05) is 0 Å². The van der Waals surface area contributed by atoms with Gasteiger partial charge in [-0.3, -0.25) is 19.3 Å². The molecule has 4 amide bonds. The summed E-state index contributed by atoms with van der Waals surface area (Å²) in [6, 6.07) is 5.16. The Balaban J connectivity index is 2.45. The van der Waals surface area contributed by atoms with Gasteiger partial charge in [0, 0.05) is 12.1 Å². The van der Waals surface area contributed by atoms with Crippen LogP contribution in [-0.4, -0.2) is 46.4 Å². The molecule has 1 aromatic carbocycles. The molecule has 0 saturated heterocycles. The molecule has 2 atom stereocenters. The molecule has 0 aliphatic heterocycles. The van der Waals surface area contributed by atoms with Gasteiger partial charge in [-0.25, -0.2) is 4.79 Å². The van der Waals surface area contributed by atoms with Crippen molar-refractivity contribution in [3.05, 3.63) is 34.9 Å². The van der Waals surface area contributed by atoms with Crippen molar-refractivity contribution in [2.45, 2.75) is 96.9 Å². The first-order valence-corrected chi connectivity index (χ1v) is 12.3. The highest BCUT2D eigenvalue weighted by Crippen LogP contribution is 2.28. The summed E-state index contributed by atoms with van der Waals surface area (Å²) in [4.78, 5) is 52.4. The van der Waals surface area contributed by atoms with Crippen LogP contribution in [0.25, 0.3) is 0 Å². The van der Waals surface area contributed by atoms with Crippen molar-refractivity contribution in [3.8, 4) is 12.5 Å². The number of nitrogens with one attached hydrogen (secondary N) is 2. The fraction of sp³-hybridized carbons (Fsp3) is 0.556. The molecular weight excluding hydrogens is 460 g/mol. The molecule has 36 heavy (non-hydrogen) atoms. The van der Waals surface area contributed by atoms with Gasteiger partial charge in [0.25, 0.3) is 5.91 Å². The van der Waals surface area contributed by atoms with Crippen LogP contribution < -0.4 is 16.4 Å². The highest BCUT2D eigenvalue weighted by atomic mass is 16.6. The van der Waals surface area contributed by atoms with Gasteiger partial charge in [0.2, 0.25) is 11.8 Å². The summed E-state index contributed by atoms with van der Waals surface area (Å²) in [5, 5.41) is 5.44. The molecule has 1 aliphatic carbocycles. The Morgan fingerprint density at radius 2 is 1.81 bits per heavy atom. The van der Waals surface area contributed by atoms with E-state index in [0.29, 0.717) is 5.56 Å². The second-order valence-corrected chi connectivity index (χ2v) is 10.2. The zero-order chi connectivity index (χ0) is 27.0. The molecule has 1 aromatic rings. The number of nitrogens with zero attached hydrogens (tertiary/aromatic N) is 1. The summed E-state index contributed by atoms with van der Waals surface area (Å²) in [5.74, 6) is -2.06. The molecular formula is C27H38N4O5. The van der Waals surface area contributed by atoms with E-state index in [2.05, 4.69) is 16.7 Å². The molecule has 0 bridgehead atoms. The molecule has 9 heteroatoms. The van der Waals surface area contributed by atoms with Gasteiger partial charge in [-0.2, -0.15) is 0 Å². The lowest BCUT2D eigenvalue weighted by molar-refractivity contribution is -0.139. The predicted octanol–water partition coefficient (Wildman–Crippen LogP) is 2.98. The summed E-state index contributed by atoms with van der Waals surface area (Å²) >= 11 is 0. The second-order valence-electron chi connectivity index (χ2n) is 10.2. The maximum Gasteiger partial charge on any atom is 0.408 e. The number of ether oxygens (including phenoxy) is 1. The summed E-state index contributed by atoms with van der Waals surface area (Å²) in [6.07, 6.45) is 9.20. The number of primary amides is 1. The molecule has 2 unspecified atom stereocenters. The number of hydrogen-bond acceptors (Lipinski definition) is 5. The van der Waals surface area contributed by atoms with Crippen LogP contribution in [0.1, 0.15) is 82.0 Å². The van der Waals surface area contributed by atoms with Gasteiger partial charge >= 0.3 is 6.09 Å². The van der Waals surface area contributed by atoms with Crippen LogP contribution in [0.3, 0.4) is 0 Å². The van der Waals surface area contributed by atoms with E-state index in [-0.39, 0.29) is 6.04 Å². The van der Waals surface area contributed by atoms with Gasteiger partial charge in [0.05, 0.1) is 6.42 Å². The van der Waals surface area contributed by atoms with Gasteiger partial charge < -0.3 is 21.1 Å². The summed E-state index contributed by atoms with van der Waals surface area (Å²) in [5.41, 5.74) is 6.81. The average Bonchev–Trinajstić information content (AvgIpc) is 2.77. The molecule has 4 N–H and O–H groups in total. The largest absolute Gasteiger partial charge is 0.444 e. The monoisotopic (exact) mass is 498 g/mol. The molecule has 9 nitrogen and oxygen atoms in total. The van der Waals surface area contributed by atoms with Crippen LogP contribution >= 0.6 is 0 Å². The van der Waals surface area contributed by atoms with Gasteiger partial charge in [-0.1, -0.05) is 43.9 Å². The van der Waals surface area contributed by atoms with Crippen molar-refractivity contribution < 1.29 is 23.9 Å². The number of benzene rings is 1. The highest BCUT2D eigenvalue weighted by molar-refractivity contribution is 5.95. The highest BCUT2D eigenvalue weighted by Gasteiger charge is 2.38. The molecule has 1 aliphatic rings. The number of alkyl carbamates (subject to hydrolysis) is 1. The van der Waals surface area contributed by atoms with Gasteiger partial charge in [0.15, 0.2) is 0 Å². The fourth-order valence-electron chi connectivity index (χ4n) is 4.28. The molecule has 1 fully saturated rings. The number of hydrogen-bond donors (Lipinski definition) is 3. The lowest BCUT2D eigenvalue weighted by Crippen LogP contribution is -2.53. The van der Waals surface area contributed by atoms with E-state index in [4.69, 9.17) is 16.9 Å². The number of terminal acetylenes is 1. The quantitative estimate of drug-likeness (QED) is 0.375. The number of amides is 4. The van der Waals surface area contributed by atoms with E-state index in [9.17, 15) is 19.2 Å². The SMILES string of the molecule is C#CN(C(=O)C(CC(N)=O)NC(=O)OC(C)(C)C)C(C(=O)NC1CCCCC1)c1cccc(C)c1C. The van der Waals surface area contributed by atoms with Crippen molar-refractivity contribution >= 4 is 23.8 Å². The van der Waals surface area contributed by atoms with Gasteiger partial charge in [-0.15, -0.1) is 0 Å². The molecule has 0 radical (unpaired) electrons. The van der Waals surface area contributed by atoms with Crippen molar-refractivity contribution in [1.29, 1.82) is 0 Å². The molecule has 0 spiro atoms. The first-order chi connectivity index (χ1) is 16.8. The van der Waals surface area contributed by atoms with Crippen LogP contribution in [0.15, 0.2) is 18.2 Å². The van der Waals surface area contributed by atoms with E-state index < -0.39 is 47.9 Å². The van der Waals surface area contributed by atoms with E-state index in [0.717, 1.165) is 48.1 Å². The first kappa shape index (κ1) is 28.7. The van der Waals surface area contributed by atoms with Crippen LogP contribution in [0.4, 0.5) is 4.79 Å². The Morgan fingerprint density at radius 1 is 1.17 bits per heavy atom. The number of carbonyl (C=O) groups is 4. The number of aryl methyl sites for hydroxylation is 1. The Hall–Kier alpha value is -3.54. The number of rotatable bonds is 8. The van der Waals surface area contributed by atoms with Crippen LogP contribution in [0, 0.1) is 26.3 Å². The van der Waals surface area contributed by atoms with Crippen LogP contribution in [0.5, 0.6) is 0 Å². The third kappa shape index (κ3) is 8.01. The second kappa shape index (κ2) is 12.4. The Bertz CT molecular complexity index is 1020. The fourth-order valence-corrected chi connectivity index (χ4v) is 4.28. The predicted molar refractivity (Wildman–Crippen MR) is 136 cm³/mol. The normalized spacial score (nSPS) is 15.7. The van der Waals surface area contributed by atoms with Crippen LogP contribution in [0.2, 0.25) is 0 Å². The molecule has 0 heterocycles. The standard InChI is InChI=1S/C27H38N4O5/c1-7-31(25(34)21(16-22(28)32)30-26(35)36-27(4,5)6)23(20-15-11-12-17(2)18(20)3)24(33)29-19-13-9-8-10-14-19/h1,11-12,15,19,21,23H,8-10,13-14,16H2,2-6H3,(H2,28,32)(H,29,33)(H,30,35). The number of nitrogens with two attached hydrogens (primary N) is 1. The van der Waals surface area contributed by atoms with E-state index in [1.807, 2.05) is 19.9 Å². The molecule has 196 valence electrons. The molecule has 1 saturated carbocycles. The Kier molecular flexibility index (Phi) is 9.91. The van der Waals surface area contributed by atoms with Gasteiger partial charge in [-0.05, 0) is 64.2 Å². The molecule has 2 rings (SSSR count). The third-order valence-corrected chi connectivity index (χ3v) is 6.17. The summed E-state index contributed by atoms with van der Waals surface area (Å²) in [6.45, 7) is 8.74. The minimum atomic E-state index is -1.41.